The van der Waals surface area contributed by atoms with Gasteiger partial charge in [0.1, 0.15) is 6.07 Å². The number of piperidine rings is 1. The number of hydrogen-bond donors (Lipinski definition) is 1. The zero-order valence-corrected chi connectivity index (χ0v) is 16.9. The van der Waals surface area contributed by atoms with Crippen LogP contribution in [0.3, 0.4) is 0 Å². The smallest absolute Gasteiger partial charge is 0.227 e. The summed E-state index contributed by atoms with van der Waals surface area (Å²) < 4.78 is 0. The Bertz CT molecular complexity index is 1110. The number of rotatable bonds is 3. The summed E-state index contributed by atoms with van der Waals surface area (Å²) in [5, 5.41) is 14.1. The fourth-order valence-electron chi connectivity index (χ4n) is 3.89. The maximum Gasteiger partial charge on any atom is 0.227 e. The van der Waals surface area contributed by atoms with Crippen molar-refractivity contribution in [2.75, 3.05) is 23.3 Å². The molecule has 29 heavy (non-hydrogen) atoms. The second-order valence-corrected chi connectivity index (χ2v) is 7.80. The number of halogens is 1. The van der Waals surface area contributed by atoms with Gasteiger partial charge in [-0.15, -0.1) is 0 Å². The summed E-state index contributed by atoms with van der Waals surface area (Å²) in [5.41, 5.74) is 4.11. The Morgan fingerprint density at radius 3 is 2.72 bits per heavy atom. The first kappa shape index (κ1) is 19.2. The zero-order chi connectivity index (χ0) is 20.4. The molecule has 0 unspecified atom stereocenters. The molecule has 4 rings (SSSR count). The highest BCUT2D eigenvalue weighted by Gasteiger charge is 2.27. The first-order valence-corrected chi connectivity index (χ1v) is 10.0. The summed E-state index contributed by atoms with van der Waals surface area (Å²) in [6.07, 6.45) is 3.07. The molecule has 2 heterocycles. The molecule has 1 aliphatic rings. The first-order chi connectivity index (χ1) is 14.1. The Hall–Kier alpha value is -3.10. The highest BCUT2D eigenvalue weighted by atomic mass is 35.5. The first-order valence-electron chi connectivity index (χ1n) is 9.66. The van der Waals surface area contributed by atoms with Crippen molar-refractivity contribution in [3.05, 3.63) is 64.8 Å². The molecule has 6 heteroatoms. The standard InChI is InChI=1S/C23H21ClN4O/c1-15-4-2-3-5-20(15)27-23(29)16-8-10-28(11-9-16)22-17(13-25)14-26-21-7-6-18(24)12-19(21)22/h2-7,12,14,16H,8-11H2,1H3,(H,27,29). The van der Waals surface area contributed by atoms with Gasteiger partial charge in [-0.1, -0.05) is 29.8 Å². The van der Waals surface area contributed by atoms with Gasteiger partial charge in [-0.2, -0.15) is 5.26 Å². The minimum absolute atomic E-state index is 0.0481. The van der Waals surface area contributed by atoms with Crippen molar-refractivity contribution in [1.82, 2.24) is 4.98 Å². The number of anilines is 2. The van der Waals surface area contributed by atoms with Gasteiger partial charge >= 0.3 is 0 Å². The van der Waals surface area contributed by atoms with Crippen LogP contribution in [0.5, 0.6) is 0 Å². The van der Waals surface area contributed by atoms with E-state index in [0.717, 1.165) is 40.7 Å². The van der Waals surface area contributed by atoms with E-state index in [-0.39, 0.29) is 11.8 Å². The number of nitriles is 1. The Morgan fingerprint density at radius 2 is 2.00 bits per heavy atom. The minimum atomic E-state index is -0.0481. The number of hydrogen-bond acceptors (Lipinski definition) is 4. The number of para-hydroxylation sites is 1. The van der Waals surface area contributed by atoms with Crippen molar-refractivity contribution in [1.29, 1.82) is 5.26 Å². The number of nitrogens with zero attached hydrogens (tertiary/aromatic N) is 3. The number of carbonyl (C=O) groups is 1. The van der Waals surface area contributed by atoms with E-state index in [4.69, 9.17) is 11.6 Å². The summed E-state index contributed by atoms with van der Waals surface area (Å²) in [5.74, 6) is 0.00942. The van der Waals surface area contributed by atoms with Gasteiger partial charge in [-0.05, 0) is 49.6 Å². The minimum Gasteiger partial charge on any atom is -0.370 e. The number of nitrogens with one attached hydrogen (secondary N) is 1. The van der Waals surface area contributed by atoms with Gasteiger partial charge in [0.2, 0.25) is 5.91 Å². The van der Waals surface area contributed by atoms with E-state index in [2.05, 4.69) is 21.3 Å². The molecule has 0 saturated carbocycles. The highest BCUT2D eigenvalue weighted by Crippen LogP contribution is 2.34. The van der Waals surface area contributed by atoms with E-state index in [1.165, 1.54) is 0 Å². The zero-order valence-electron chi connectivity index (χ0n) is 16.2. The van der Waals surface area contributed by atoms with Gasteiger partial charge in [0, 0.05) is 41.3 Å². The molecule has 2 aromatic carbocycles. The molecule has 1 N–H and O–H groups in total. The summed E-state index contributed by atoms with van der Waals surface area (Å²) in [7, 11) is 0. The summed E-state index contributed by atoms with van der Waals surface area (Å²) in [6, 6.07) is 15.6. The molecule has 0 atom stereocenters. The van der Waals surface area contributed by atoms with Crippen LogP contribution in [0.25, 0.3) is 10.9 Å². The molecule has 5 nitrogen and oxygen atoms in total. The average molecular weight is 405 g/mol. The number of benzene rings is 2. The summed E-state index contributed by atoms with van der Waals surface area (Å²) >= 11 is 6.20. The van der Waals surface area contributed by atoms with Gasteiger partial charge in [0.05, 0.1) is 16.8 Å². The Morgan fingerprint density at radius 1 is 1.24 bits per heavy atom. The third-order valence-electron chi connectivity index (χ3n) is 5.51. The van der Waals surface area contributed by atoms with Crippen LogP contribution in [0.1, 0.15) is 24.0 Å². The van der Waals surface area contributed by atoms with Gasteiger partial charge in [0.25, 0.3) is 0 Å². The van der Waals surface area contributed by atoms with Gasteiger partial charge < -0.3 is 10.2 Å². The predicted molar refractivity (Wildman–Crippen MR) is 116 cm³/mol. The van der Waals surface area contributed by atoms with Crippen molar-refractivity contribution >= 4 is 39.8 Å². The van der Waals surface area contributed by atoms with Crippen LogP contribution in [0, 0.1) is 24.2 Å². The number of aryl methyl sites for hydroxylation is 1. The molecule has 1 aliphatic heterocycles. The van der Waals surface area contributed by atoms with E-state index >= 15 is 0 Å². The molecule has 146 valence electrons. The largest absolute Gasteiger partial charge is 0.370 e. The maximum atomic E-state index is 12.7. The SMILES string of the molecule is Cc1ccccc1NC(=O)C1CCN(c2c(C#N)cnc3ccc(Cl)cc23)CC1. The number of carbonyl (C=O) groups excluding carboxylic acids is 1. The highest BCUT2D eigenvalue weighted by molar-refractivity contribution is 6.31. The fraction of sp³-hybridized carbons (Fsp3) is 0.261. The fourth-order valence-corrected chi connectivity index (χ4v) is 4.06. The normalized spacial score (nSPS) is 14.6. The number of pyridine rings is 1. The molecule has 0 spiro atoms. The monoisotopic (exact) mass is 404 g/mol. The van der Waals surface area contributed by atoms with E-state index < -0.39 is 0 Å². The molecule has 0 bridgehead atoms. The lowest BCUT2D eigenvalue weighted by molar-refractivity contribution is -0.120. The molecule has 0 radical (unpaired) electrons. The molecule has 1 saturated heterocycles. The Kier molecular flexibility index (Phi) is 5.37. The topological polar surface area (TPSA) is 69.0 Å². The van der Waals surface area contributed by atoms with Crippen LogP contribution >= 0.6 is 11.6 Å². The molecule has 1 fully saturated rings. The molecule has 3 aromatic rings. The van der Waals surface area contributed by atoms with E-state index in [0.29, 0.717) is 23.7 Å². The molecule has 0 aliphatic carbocycles. The molecular formula is C23H21ClN4O. The van der Waals surface area contributed by atoms with Gasteiger partial charge in [-0.3, -0.25) is 9.78 Å². The van der Waals surface area contributed by atoms with Gasteiger partial charge in [0.15, 0.2) is 0 Å². The molecular weight excluding hydrogens is 384 g/mol. The quantitative estimate of drug-likeness (QED) is 0.672. The second kappa shape index (κ2) is 8.10. The second-order valence-electron chi connectivity index (χ2n) is 7.36. The average Bonchev–Trinajstić information content (AvgIpc) is 2.74. The summed E-state index contributed by atoms with van der Waals surface area (Å²) in [4.78, 5) is 19.3. The number of fused-ring (bicyclic) bond motifs is 1. The Labute approximate surface area is 174 Å². The molecule has 1 amide bonds. The van der Waals surface area contributed by atoms with E-state index in [1.54, 1.807) is 12.3 Å². The van der Waals surface area contributed by atoms with Crippen LogP contribution in [0.15, 0.2) is 48.7 Å². The number of aromatic nitrogens is 1. The van der Waals surface area contributed by atoms with Gasteiger partial charge in [-0.25, -0.2) is 0 Å². The van der Waals surface area contributed by atoms with Crippen LogP contribution in [0.2, 0.25) is 5.02 Å². The van der Waals surface area contributed by atoms with Crippen molar-refractivity contribution in [2.45, 2.75) is 19.8 Å². The van der Waals surface area contributed by atoms with Crippen molar-refractivity contribution < 1.29 is 4.79 Å². The third-order valence-corrected chi connectivity index (χ3v) is 5.74. The van der Waals surface area contributed by atoms with E-state index in [1.807, 2.05) is 43.3 Å². The lowest BCUT2D eigenvalue weighted by Crippen LogP contribution is -2.38. The lowest BCUT2D eigenvalue weighted by atomic mass is 9.94. The summed E-state index contributed by atoms with van der Waals surface area (Å²) in [6.45, 7) is 3.39. The van der Waals surface area contributed by atoms with E-state index in [9.17, 15) is 10.1 Å². The van der Waals surface area contributed by atoms with Crippen molar-refractivity contribution in [2.24, 2.45) is 5.92 Å². The van der Waals surface area contributed by atoms with Crippen LogP contribution in [-0.2, 0) is 4.79 Å². The third kappa shape index (κ3) is 3.90. The van der Waals surface area contributed by atoms with Crippen molar-refractivity contribution in [3.8, 4) is 6.07 Å². The van der Waals surface area contributed by atoms with Crippen LogP contribution in [0.4, 0.5) is 11.4 Å². The Balaban J connectivity index is 1.53. The maximum absolute atomic E-state index is 12.7. The molecule has 1 aromatic heterocycles. The van der Waals surface area contributed by atoms with Crippen LogP contribution < -0.4 is 10.2 Å². The predicted octanol–water partition coefficient (Wildman–Crippen LogP) is 4.92. The number of amides is 1. The van der Waals surface area contributed by atoms with Crippen molar-refractivity contribution in [3.63, 3.8) is 0 Å². The lowest BCUT2D eigenvalue weighted by Gasteiger charge is -2.34. The van der Waals surface area contributed by atoms with Crippen LogP contribution in [-0.4, -0.2) is 24.0 Å².